The Labute approximate surface area is 113 Å². The minimum atomic E-state index is 0.537. The standard InChI is InChI=1S/C16H31NO/c1-4-10-17-12-16(11-14(2)13-18-3)15-8-6-5-7-9-15/h11,14-15,17H,4-10,12-13H2,1-3H3. The van der Waals surface area contributed by atoms with Gasteiger partial charge in [0.2, 0.25) is 0 Å². The van der Waals surface area contributed by atoms with Crippen molar-refractivity contribution >= 4 is 0 Å². The molecule has 1 rings (SSSR count). The van der Waals surface area contributed by atoms with Crippen LogP contribution in [0.3, 0.4) is 0 Å². The normalized spacial score (nSPS) is 20.1. The number of hydrogen-bond acceptors (Lipinski definition) is 2. The predicted octanol–water partition coefficient (Wildman–Crippen LogP) is 3.78. The van der Waals surface area contributed by atoms with Gasteiger partial charge in [0.15, 0.2) is 0 Å². The first-order valence-electron chi connectivity index (χ1n) is 7.68. The molecule has 18 heavy (non-hydrogen) atoms. The van der Waals surface area contributed by atoms with E-state index in [0.29, 0.717) is 5.92 Å². The summed E-state index contributed by atoms with van der Waals surface area (Å²) in [5.74, 6) is 1.36. The van der Waals surface area contributed by atoms with Crippen molar-refractivity contribution in [3.63, 3.8) is 0 Å². The van der Waals surface area contributed by atoms with Gasteiger partial charge in [-0.15, -0.1) is 0 Å². The van der Waals surface area contributed by atoms with Gasteiger partial charge >= 0.3 is 0 Å². The molecule has 106 valence electrons. The van der Waals surface area contributed by atoms with Crippen LogP contribution in [-0.2, 0) is 4.74 Å². The first kappa shape index (κ1) is 15.7. The van der Waals surface area contributed by atoms with Crippen LogP contribution in [-0.4, -0.2) is 26.8 Å². The molecule has 0 amide bonds. The third-order valence-corrected chi connectivity index (χ3v) is 3.81. The fraction of sp³-hybridized carbons (Fsp3) is 0.875. The van der Waals surface area contributed by atoms with E-state index >= 15 is 0 Å². The van der Waals surface area contributed by atoms with E-state index in [2.05, 4.69) is 25.2 Å². The van der Waals surface area contributed by atoms with Crippen LogP contribution in [0.5, 0.6) is 0 Å². The number of nitrogens with one attached hydrogen (secondary N) is 1. The fourth-order valence-corrected chi connectivity index (χ4v) is 2.90. The summed E-state index contributed by atoms with van der Waals surface area (Å²) in [7, 11) is 1.79. The summed E-state index contributed by atoms with van der Waals surface area (Å²) in [5.41, 5.74) is 1.63. The van der Waals surface area contributed by atoms with Crippen molar-refractivity contribution in [2.45, 2.75) is 52.4 Å². The monoisotopic (exact) mass is 253 g/mol. The Hall–Kier alpha value is -0.340. The van der Waals surface area contributed by atoms with Crippen molar-refractivity contribution in [1.82, 2.24) is 5.32 Å². The fourth-order valence-electron chi connectivity index (χ4n) is 2.90. The molecule has 1 fully saturated rings. The average Bonchev–Trinajstić information content (AvgIpc) is 2.39. The Balaban J connectivity index is 2.54. The van der Waals surface area contributed by atoms with E-state index in [1.165, 1.54) is 38.5 Å². The van der Waals surface area contributed by atoms with Gasteiger partial charge in [0.1, 0.15) is 0 Å². The van der Waals surface area contributed by atoms with Crippen molar-refractivity contribution in [2.75, 3.05) is 26.8 Å². The Bertz CT molecular complexity index is 231. The van der Waals surface area contributed by atoms with Crippen LogP contribution in [0, 0.1) is 11.8 Å². The molecule has 2 heteroatoms. The van der Waals surface area contributed by atoms with Gasteiger partial charge in [-0.2, -0.15) is 0 Å². The SMILES string of the molecule is CCCNCC(=CC(C)COC)C1CCCCC1. The van der Waals surface area contributed by atoms with Crippen LogP contribution in [0.25, 0.3) is 0 Å². The van der Waals surface area contributed by atoms with Gasteiger partial charge in [0, 0.05) is 13.7 Å². The summed E-state index contributed by atoms with van der Waals surface area (Å²) >= 11 is 0. The van der Waals surface area contributed by atoms with Crippen LogP contribution >= 0.6 is 0 Å². The van der Waals surface area contributed by atoms with Gasteiger partial charge in [0.25, 0.3) is 0 Å². The lowest BCUT2D eigenvalue weighted by molar-refractivity contribution is 0.175. The third-order valence-electron chi connectivity index (χ3n) is 3.81. The highest BCUT2D eigenvalue weighted by atomic mass is 16.5. The molecule has 1 unspecified atom stereocenters. The number of rotatable bonds is 8. The molecular formula is C16H31NO. The molecule has 1 N–H and O–H groups in total. The molecule has 1 saturated carbocycles. The minimum Gasteiger partial charge on any atom is -0.384 e. The molecule has 0 aromatic carbocycles. The highest BCUT2D eigenvalue weighted by Gasteiger charge is 2.18. The van der Waals surface area contributed by atoms with Crippen LogP contribution in [0.2, 0.25) is 0 Å². The molecule has 0 aromatic heterocycles. The molecule has 0 spiro atoms. The van der Waals surface area contributed by atoms with Crippen LogP contribution in [0.1, 0.15) is 52.4 Å². The molecule has 0 bridgehead atoms. The maximum atomic E-state index is 5.25. The van der Waals surface area contributed by atoms with Crippen LogP contribution in [0.4, 0.5) is 0 Å². The van der Waals surface area contributed by atoms with Crippen molar-refractivity contribution in [3.05, 3.63) is 11.6 Å². The van der Waals surface area contributed by atoms with E-state index in [1.54, 1.807) is 12.7 Å². The maximum absolute atomic E-state index is 5.25. The molecule has 0 heterocycles. The van der Waals surface area contributed by atoms with E-state index in [4.69, 9.17) is 4.74 Å². The van der Waals surface area contributed by atoms with Crippen molar-refractivity contribution < 1.29 is 4.74 Å². The molecule has 1 aliphatic rings. The summed E-state index contributed by atoms with van der Waals surface area (Å²) in [6.45, 7) is 7.52. The lowest BCUT2D eigenvalue weighted by atomic mass is 9.82. The molecule has 0 aliphatic heterocycles. The van der Waals surface area contributed by atoms with Crippen LogP contribution < -0.4 is 5.32 Å². The van der Waals surface area contributed by atoms with Gasteiger partial charge < -0.3 is 10.1 Å². The Morgan fingerprint density at radius 1 is 1.33 bits per heavy atom. The summed E-state index contributed by atoms with van der Waals surface area (Å²) in [6.07, 6.45) is 10.7. The van der Waals surface area contributed by atoms with Gasteiger partial charge in [-0.25, -0.2) is 0 Å². The van der Waals surface area contributed by atoms with Gasteiger partial charge in [-0.3, -0.25) is 0 Å². The van der Waals surface area contributed by atoms with Crippen molar-refractivity contribution in [1.29, 1.82) is 0 Å². The zero-order chi connectivity index (χ0) is 13.2. The lowest BCUT2D eigenvalue weighted by Crippen LogP contribution is -2.24. The zero-order valence-corrected chi connectivity index (χ0v) is 12.5. The number of ether oxygens (including phenoxy) is 1. The molecule has 0 radical (unpaired) electrons. The summed E-state index contributed by atoms with van der Waals surface area (Å²) in [4.78, 5) is 0. The molecule has 0 saturated heterocycles. The summed E-state index contributed by atoms with van der Waals surface area (Å²) < 4.78 is 5.25. The second kappa shape index (κ2) is 9.57. The van der Waals surface area contributed by atoms with E-state index in [-0.39, 0.29) is 0 Å². The predicted molar refractivity (Wildman–Crippen MR) is 78.9 cm³/mol. The van der Waals surface area contributed by atoms with Gasteiger partial charge in [-0.1, -0.05) is 44.8 Å². The number of methoxy groups -OCH3 is 1. The molecule has 2 nitrogen and oxygen atoms in total. The summed E-state index contributed by atoms with van der Waals surface area (Å²) in [5, 5.41) is 3.57. The Kier molecular flexibility index (Phi) is 8.36. The van der Waals surface area contributed by atoms with E-state index in [9.17, 15) is 0 Å². The van der Waals surface area contributed by atoms with E-state index in [0.717, 1.165) is 25.6 Å². The third kappa shape index (κ3) is 6.01. The topological polar surface area (TPSA) is 21.3 Å². The quantitative estimate of drug-likeness (QED) is 0.525. The zero-order valence-electron chi connectivity index (χ0n) is 12.5. The lowest BCUT2D eigenvalue weighted by Gasteiger charge is -2.26. The van der Waals surface area contributed by atoms with Gasteiger partial charge in [-0.05, 0) is 37.6 Å². The Morgan fingerprint density at radius 3 is 2.67 bits per heavy atom. The van der Waals surface area contributed by atoms with E-state index in [1.807, 2.05) is 0 Å². The summed E-state index contributed by atoms with van der Waals surface area (Å²) in [6, 6.07) is 0. The van der Waals surface area contributed by atoms with Crippen molar-refractivity contribution in [3.8, 4) is 0 Å². The largest absolute Gasteiger partial charge is 0.384 e. The number of hydrogen-bond donors (Lipinski definition) is 1. The first-order valence-corrected chi connectivity index (χ1v) is 7.68. The molecule has 1 atom stereocenters. The highest BCUT2D eigenvalue weighted by molar-refractivity contribution is 5.11. The Morgan fingerprint density at radius 2 is 2.06 bits per heavy atom. The second-order valence-electron chi connectivity index (χ2n) is 5.69. The molecule has 0 aromatic rings. The van der Waals surface area contributed by atoms with Crippen molar-refractivity contribution in [2.24, 2.45) is 11.8 Å². The minimum absolute atomic E-state index is 0.537. The van der Waals surface area contributed by atoms with Crippen LogP contribution in [0.15, 0.2) is 11.6 Å². The van der Waals surface area contributed by atoms with E-state index < -0.39 is 0 Å². The highest BCUT2D eigenvalue weighted by Crippen LogP contribution is 2.30. The first-order chi connectivity index (χ1) is 8.77. The maximum Gasteiger partial charge on any atom is 0.0522 e. The van der Waals surface area contributed by atoms with Gasteiger partial charge in [0.05, 0.1) is 6.61 Å². The molecular weight excluding hydrogens is 222 g/mol. The smallest absolute Gasteiger partial charge is 0.0522 e. The molecule has 1 aliphatic carbocycles. The second-order valence-corrected chi connectivity index (χ2v) is 5.69. The average molecular weight is 253 g/mol.